The quantitative estimate of drug-likeness (QED) is 0.0394. The van der Waals surface area contributed by atoms with Gasteiger partial charge < -0.3 is 24.4 Å². The van der Waals surface area contributed by atoms with Crippen molar-refractivity contribution in [2.24, 2.45) is 10.2 Å². The van der Waals surface area contributed by atoms with Gasteiger partial charge in [-0.15, -0.1) is 10.2 Å². The first-order valence-corrected chi connectivity index (χ1v) is 12.5. The molecule has 193 valence electrons. The molecular formula is C18H14CuN2Na2O11S3. The van der Waals surface area contributed by atoms with Gasteiger partial charge in [0, 0.05) is 27.4 Å². The number of phenolic OH excluding ortho intramolecular Hbond substituents is 2. The number of hydrogen-bond donors (Lipinski definition) is 3. The molecule has 0 saturated carbocycles. The van der Waals surface area contributed by atoms with Gasteiger partial charge in [0.25, 0.3) is 0 Å². The Morgan fingerprint density at radius 3 is 2.19 bits per heavy atom. The van der Waals surface area contributed by atoms with Gasteiger partial charge in [-0.2, -0.15) is 4.33 Å². The molecule has 0 bridgehead atoms. The maximum Gasteiger partial charge on any atom is 1.00 e. The van der Waals surface area contributed by atoms with Gasteiger partial charge in [0.05, 0.1) is 28.4 Å². The number of nitrogens with zero attached hydrogens (tertiary/aromatic N) is 2. The van der Waals surface area contributed by atoms with Gasteiger partial charge in [-0.1, -0.05) is 6.07 Å². The molecule has 0 heterocycles. The van der Waals surface area contributed by atoms with E-state index >= 15 is 0 Å². The second-order valence-electron chi connectivity index (χ2n) is 6.41. The molecule has 0 fully saturated rings. The Labute approximate surface area is 270 Å². The maximum atomic E-state index is 11.6. The first-order valence-electron chi connectivity index (χ1n) is 8.95. The van der Waals surface area contributed by atoms with Crippen LogP contribution >= 0.6 is 12.0 Å². The van der Waals surface area contributed by atoms with E-state index in [2.05, 4.69) is 15.1 Å². The Morgan fingerprint density at radius 1 is 0.919 bits per heavy atom. The van der Waals surface area contributed by atoms with Gasteiger partial charge in [0.2, 0.25) is 0 Å². The minimum absolute atomic E-state index is 0. The SMILES string of the molecule is O=S(=O)([O-])c1ccc2c(N=Nc3cc(SOOCCO)ccc3O)c(O)c(S(=O)(=O)[O-])cc2c1.[Cu].[Na+].[Na+]. The molecule has 0 atom stereocenters. The summed E-state index contributed by atoms with van der Waals surface area (Å²) in [6, 6.07) is 7.47. The summed E-state index contributed by atoms with van der Waals surface area (Å²) in [5.41, 5.74) is -0.681. The van der Waals surface area contributed by atoms with Crippen LogP contribution in [0.4, 0.5) is 11.4 Å². The molecule has 3 N–H and O–H groups in total. The van der Waals surface area contributed by atoms with E-state index in [-0.39, 0.29) is 112 Å². The number of aromatic hydroxyl groups is 2. The summed E-state index contributed by atoms with van der Waals surface area (Å²) in [6.07, 6.45) is 0. The Kier molecular flexibility index (Phi) is 15.3. The van der Waals surface area contributed by atoms with Crippen LogP contribution in [0.5, 0.6) is 11.5 Å². The van der Waals surface area contributed by atoms with Crippen molar-refractivity contribution in [1.29, 1.82) is 0 Å². The number of fused-ring (bicyclic) bond motifs is 1. The number of azo groups is 1. The molecule has 0 saturated heterocycles. The van der Waals surface area contributed by atoms with Crippen molar-refractivity contribution in [3.05, 3.63) is 42.5 Å². The van der Waals surface area contributed by atoms with Crippen molar-refractivity contribution < 1.29 is 127 Å². The third-order valence-corrected chi connectivity index (χ3v) is 6.43. The summed E-state index contributed by atoms with van der Waals surface area (Å²) in [4.78, 5) is 3.20. The fraction of sp³-hybridized carbons (Fsp3) is 0.111. The molecule has 3 aromatic carbocycles. The molecule has 3 rings (SSSR count). The predicted octanol–water partition coefficient (Wildman–Crippen LogP) is -3.57. The molecule has 0 aliphatic carbocycles. The second-order valence-corrected chi connectivity index (χ2v) is 9.91. The maximum absolute atomic E-state index is 11.6. The summed E-state index contributed by atoms with van der Waals surface area (Å²) in [6.45, 7) is -0.355. The van der Waals surface area contributed by atoms with Crippen molar-refractivity contribution in [2.45, 2.75) is 14.7 Å². The molecule has 0 aromatic heterocycles. The predicted molar refractivity (Wildman–Crippen MR) is 114 cm³/mol. The minimum atomic E-state index is -5.24. The molecule has 3 aromatic rings. The third-order valence-electron chi connectivity index (χ3n) is 4.14. The van der Waals surface area contributed by atoms with E-state index < -0.39 is 41.5 Å². The Bertz CT molecular complexity index is 1490. The third kappa shape index (κ3) is 9.68. The Hall–Kier alpha value is -0.311. The fourth-order valence-corrected chi connectivity index (χ4v) is 4.24. The van der Waals surface area contributed by atoms with E-state index in [9.17, 15) is 36.2 Å². The molecule has 1 radical (unpaired) electrons. The molecule has 0 spiro atoms. The summed E-state index contributed by atoms with van der Waals surface area (Å²) in [5.74, 6) is -1.42. The number of benzene rings is 3. The minimum Gasteiger partial charge on any atom is -0.744 e. The topological polar surface area (TPSA) is 218 Å². The first-order chi connectivity index (χ1) is 15.9. The van der Waals surface area contributed by atoms with Gasteiger partial charge in [-0.25, -0.2) is 21.7 Å². The zero-order valence-electron chi connectivity index (χ0n) is 19.0. The van der Waals surface area contributed by atoms with Crippen molar-refractivity contribution in [2.75, 3.05) is 13.2 Å². The van der Waals surface area contributed by atoms with E-state index in [1.54, 1.807) is 0 Å². The zero-order chi connectivity index (χ0) is 25.1. The van der Waals surface area contributed by atoms with Gasteiger partial charge >= 0.3 is 59.1 Å². The standard InChI is InChI=1S/C18H16N2O11S3.Cu.2Na/c21-5-6-30-31-32-11-1-4-15(22)14(9-11)19-20-17-13-3-2-12(33(24,25)26)7-10(13)8-16(18(17)23)34(27,28)29;;;/h1-4,7-9,21-23H,5-6H2,(H,24,25,26)(H,27,28,29);;;/q;;2*+1/p-2. The zero-order valence-corrected chi connectivity index (χ0v) is 26.4. The molecular weight excluding hydrogens is 626 g/mol. The fourth-order valence-electron chi connectivity index (χ4n) is 2.65. The van der Waals surface area contributed by atoms with Crippen molar-refractivity contribution in [3.8, 4) is 11.5 Å². The average molecular weight is 640 g/mol. The van der Waals surface area contributed by atoms with Gasteiger partial charge in [0.15, 0.2) is 5.75 Å². The van der Waals surface area contributed by atoms with E-state index in [0.29, 0.717) is 11.0 Å². The van der Waals surface area contributed by atoms with E-state index in [4.69, 9.17) is 9.44 Å². The molecule has 0 amide bonds. The van der Waals surface area contributed by atoms with Crippen LogP contribution in [-0.4, -0.2) is 54.5 Å². The Morgan fingerprint density at radius 2 is 1.59 bits per heavy atom. The normalized spacial score (nSPS) is 11.5. The number of aliphatic hydroxyl groups excluding tert-OH is 1. The summed E-state index contributed by atoms with van der Waals surface area (Å²) in [7, 11) is -10.1. The summed E-state index contributed by atoms with van der Waals surface area (Å²) < 4.78 is 73.5. The van der Waals surface area contributed by atoms with Gasteiger partial charge in [-0.3, -0.25) is 0 Å². The smallest absolute Gasteiger partial charge is 0.744 e. The summed E-state index contributed by atoms with van der Waals surface area (Å²) in [5, 5.41) is 36.4. The van der Waals surface area contributed by atoms with Gasteiger partial charge in [-0.05, 0) is 41.8 Å². The van der Waals surface area contributed by atoms with Crippen LogP contribution < -0.4 is 59.1 Å². The monoisotopic (exact) mass is 639 g/mol. The number of hydrogen-bond acceptors (Lipinski definition) is 14. The van der Waals surface area contributed by atoms with E-state index in [1.165, 1.54) is 18.2 Å². The molecule has 0 aliphatic rings. The van der Waals surface area contributed by atoms with Gasteiger partial charge in [0.1, 0.15) is 44.0 Å². The number of phenols is 2. The van der Waals surface area contributed by atoms with Crippen LogP contribution in [0.3, 0.4) is 0 Å². The molecule has 19 heteroatoms. The number of rotatable bonds is 9. The first kappa shape index (κ1) is 36.7. The van der Waals surface area contributed by atoms with Crippen LogP contribution in [0.15, 0.2) is 67.4 Å². The molecule has 0 aliphatic heterocycles. The van der Waals surface area contributed by atoms with Crippen molar-refractivity contribution >= 4 is 54.4 Å². The summed E-state index contributed by atoms with van der Waals surface area (Å²) >= 11 is 0.718. The largest absolute Gasteiger partial charge is 1.00 e. The second kappa shape index (κ2) is 15.5. The van der Waals surface area contributed by atoms with Crippen LogP contribution in [0.25, 0.3) is 10.8 Å². The van der Waals surface area contributed by atoms with Crippen molar-refractivity contribution in [1.82, 2.24) is 0 Å². The van der Waals surface area contributed by atoms with Crippen molar-refractivity contribution in [3.63, 3.8) is 0 Å². The van der Waals surface area contributed by atoms with Crippen LogP contribution in [0.2, 0.25) is 0 Å². The van der Waals surface area contributed by atoms with Crippen LogP contribution in [0, 0.1) is 0 Å². The van der Waals surface area contributed by atoms with E-state index in [0.717, 1.165) is 30.2 Å². The Balaban J connectivity index is 0.00000432. The number of aliphatic hydroxyl groups is 1. The molecule has 0 unspecified atom stereocenters. The van der Waals surface area contributed by atoms with E-state index in [1.807, 2.05) is 0 Å². The van der Waals surface area contributed by atoms with Crippen LogP contribution in [0.1, 0.15) is 0 Å². The van der Waals surface area contributed by atoms with Crippen LogP contribution in [-0.2, 0) is 46.5 Å². The molecule has 37 heavy (non-hydrogen) atoms. The molecule has 13 nitrogen and oxygen atoms in total. The average Bonchev–Trinajstić information content (AvgIpc) is 2.75.